The molecule has 0 atom stereocenters. The number of carbonyl (C=O) groups is 1. The van der Waals surface area contributed by atoms with Gasteiger partial charge in [-0.15, -0.1) is 11.6 Å². The van der Waals surface area contributed by atoms with Crippen LogP contribution in [-0.2, 0) is 17.2 Å². The molecule has 0 radical (unpaired) electrons. The maximum atomic E-state index is 13.2. The van der Waals surface area contributed by atoms with Crippen LogP contribution in [0.25, 0.3) is 11.0 Å². The first kappa shape index (κ1) is 14.8. The molecule has 0 saturated carbocycles. The van der Waals surface area contributed by atoms with Crippen LogP contribution in [0.15, 0.2) is 18.2 Å². The van der Waals surface area contributed by atoms with Crippen molar-refractivity contribution in [3.63, 3.8) is 0 Å². The number of alkyl halides is 1. The fourth-order valence-electron chi connectivity index (χ4n) is 2.07. The van der Waals surface area contributed by atoms with Crippen LogP contribution in [-0.4, -0.2) is 22.0 Å². The Morgan fingerprint density at radius 3 is 3.00 bits per heavy atom. The van der Waals surface area contributed by atoms with Gasteiger partial charge in [0.1, 0.15) is 11.6 Å². The van der Waals surface area contributed by atoms with E-state index in [1.165, 1.54) is 12.1 Å². The van der Waals surface area contributed by atoms with Gasteiger partial charge in [-0.25, -0.2) is 9.37 Å². The summed E-state index contributed by atoms with van der Waals surface area (Å²) in [5, 5.41) is 2.82. The molecule has 0 unspecified atom stereocenters. The highest BCUT2D eigenvalue weighted by atomic mass is 35.5. The summed E-state index contributed by atoms with van der Waals surface area (Å²) in [4.78, 5) is 15.9. The van der Waals surface area contributed by atoms with Crippen LogP contribution in [0.3, 0.4) is 0 Å². The lowest BCUT2D eigenvalue weighted by molar-refractivity contribution is -0.121. The van der Waals surface area contributed by atoms with Crippen molar-refractivity contribution in [3.8, 4) is 0 Å². The second-order valence-corrected chi connectivity index (χ2v) is 4.81. The van der Waals surface area contributed by atoms with Crippen molar-refractivity contribution in [2.24, 2.45) is 0 Å². The number of aromatic nitrogens is 2. The average molecular weight is 298 g/mol. The van der Waals surface area contributed by atoms with Crippen molar-refractivity contribution in [3.05, 3.63) is 29.8 Å². The Labute approximate surface area is 121 Å². The molecule has 108 valence electrons. The van der Waals surface area contributed by atoms with Crippen LogP contribution in [0.4, 0.5) is 4.39 Å². The maximum absolute atomic E-state index is 13.2. The minimum atomic E-state index is -0.330. The molecule has 0 spiro atoms. The van der Waals surface area contributed by atoms with Crippen LogP contribution < -0.4 is 5.32 Å². The van der Waals surface area contributed by atoms with Crippen molar-refractivity contribution in [2.75, 3.05) is 6.54 Å². The minimum absolute atomic E-state index is 0.00339. The standard InChI is InChI=1S/C14H17ClFN3O/c1-2-6-17-14(20)5-7-19-12-4-3-10(16)8-11(12)18-13(19)9-15/h3-4,8H,2,5-7,9H2,1H3,(H,17,20). The van der Waals surface area contributed by atoms with E-state index in [1.54, 1.807) is 6.07 Å². The van der Waals surface area contributed by atoms with E-state index in [1.807, 2.05) is 11.5 Å². The number of amides is 1. The SMILES string of the molecule is CCCNC(=O)CCn1c(CCl)nc2cc(F)ccc21. The number of aryl methyl sites for hydroxylation is 1. The van der Waals surface area contributed by atoms with Gasteiger partial charge in [-0.2, -0.15) is 0 Å². The number of rotatable bonds is 6. The third kappa shape index (κ3) is 3.28. The van der Waals surface area contributed by atoms with Crippen LogP contribution in [0.1, 0.15) is 25.6 Å². The Kier molecular flexibility index (Phi) is 4.95. The first-order chi connectivity index (χ1) is 9.65. The van der Waals surface area contributed by atoms with Crippen molar-refractivity contribution in [1.29, 1.82) is 0 Å². The second-order valence-electron chi connectivity index (χ2n) is 4.55. The molecule has 1 N–H and O–H groups in total. The Hall–Kier alpha value is -1.62. The van der Waals surface area contributed by atoms with Crippen LogP contribution in [0, 0.1) is 5.82 Å². The molecular weight excluding hydrogens is 281 g/mol. The Balaban J connectivity index is 2.18. The van der Waals surface area contributed by atoms with Crippen LogP contribution in [0.2, 0.25) is 0 Å². The van der Waals surface area contributed by atoms with Gasteiger partial charge in [-0.3, -0.25) is 4.79 Å². The number of nitrogens with one attached hydrogen (secondary N) is 1. The number of imidazole rings is 1. The summed E-state index contributed by atoms with van der Waals surface area (Å²) in [5.74, 6) is 0.545. The van der Waals surface area contributed by atoms with Gasteiger partial charge in [0.25, 0.3) is 0 Å². The number of nitrogens with zero attached hydrogens (tertiary/aromatic N) is 2. The number of hydrogen-bond donors (Lipinski definition) is 1. The zero-order valence-electron chi connectivity index (χ0n) is 11.3. The van der Waals surface area contributed by atoms with E-state index in [0.717, 1.165) is 11.9 Å². The minimum Gasteiger partial charge on any atom is -0.356 e. The number of carbonyl (C=O) groups excluding carboxylic acids is 1. The highest BCUT2D eigenvalue weighted by Crippen LogP contribution is 2.19. The third-order valence-electron chi connectivity index (χ3n) is 3.04. The summed E-state index contributed by atoms with van der Waals surface area (Å²) in [6.45, 7) is 3.17. The molecule has 0 aliphatic heterocycles. The summed E-state index contributed by atoms with van der Waals surface area (Å²) in [5.41, 5.74) is 1.36. The molecule has 2 aromatic rings. The van der Waals surface area contributed by atoms with E-state index < -0.39 is 0 Å². The predicted molar refractivity (Wildman–Crippen MR) is 77.2 cm³/mol. The highest BCUT2D eigenvalue weighted by Gasteiger charge is 2.11. The molecule has 0 aliphatic rings. The number of benzene rings is 1. The second kappa shape index (κ2) is 6.70. The third-order valence-corrected chi connectivity index (χ3v) is 3.28. The maximum Gasteiger partial charge on any atom is 0.221 e. The zero-order chi connectivity index (χ0) is 14.5. The first-order valence-electron chi connectivity index (χ1n) is 6.63. The van der Waals surface area contributed by atoms with Crippen molar-refractivity contribution < 1.29 is 9.18 Å². The van der Waals surface area contributed by atoms with E-state index in [9.17, 15) is 9.18 Å². The van der Waals surface area contributed by atoms with Gasteiger partial charge in [-0.05, 0) is 18.6 Å². The molecule has 1 amide bonds. The summed E-state index contributed by atoms with van der Waals surface area (Å²) in [7, 11) is 0. The lowest BCUT2D eigenvalue weighted by Crippen LogP contribution is -2.25. The molecule has 0 saturated heterocycles. The lowest BCUT2D eigenvalue weighted by atomic mass is 10.3. The number of hydrogen-bond acceptors (Lipinski definition) is 2. The Bertz CT molecular complexity index is 612. The first-order valence-corrected chi connectivity index (χ1v) is 7.16. The van der Waals surface area contributed by atoms with E-state index in [0.29, 0.717) is 30.9 Å². The molecule has 0 fully saturated rings. The molecule has 20 heavy (non-hydrogen) atoms. The van der Waals surface area contributed by atoms with Crippen molar-refractivity contribution in [2.45, 2.75) is 32.2 Å². The van der Waals surface area contributed by atoms with Gasteiger partial charge in [-0.1, -0.05) is 6.92 Å². The molecule has 1 heterocycles. The number of halogens is 2. The quantitative estimate of drug-likeness (QED) is 0.834. The van der Waals surface area contributed by atoms with Crippen LogP contribution in [0.5, 0.6) is 0 Å². The predicted octanol–water partition coefficient (Wildman–Crippen LogP) is 2.83. The topological polar surface area (TPSA) is 46.9 Å². The van der Waals surface area contributed by atoms with Gasteiger partial charge >= 0.3 is 0 Å². The van der Waals surface area contributed by atoms with Crippen molar-refractivity contribution in [1.82, 2.24) is 14.9 Å². The normalized spacial score (nSPS) is 10.9. The van der Waals surface area contributed by atoms with Gasteiger partial charge < -0.3 is 9.88 Å². The molecule has 1 aromatic heterocycles. The Morgan fingerprint density at radius 2 is 2.30 bits per heavy atom. The largest absolute Gasteiger partial charge is 0.356 e. The monoisotopic (exact) mass is 297 g/mol. The fraction of sp³-hybridized carbons (Fsp3) is 0.429. The van der Waals surface area contributed by atoms with E-state index in [2.05, 4.69) is 10.3 Å². The Morgan fingerprint density at radius 1 is 1.50 bits per heavy atom. The molecule has 0 bridgehead atoms. The van der Waals surface area contributed by atoms with E-state index >= 15 is 0 Å². The fourth-order valence-corrected chi connectivity index (χ4v) is 2.27. The van der Waals surface area contributed by atoms with Gasteiger partial charge in [0.05, 0.1) is 16.9 Å². The van der Waals surface area contributed by atoms with E-state index in [-0.39, 0.29) is 17.6 Å². The molecule has 4 nitrogen and oxygen atoms in total. The lowest BCUT2D eigenvalue weighted by Gasteiger charge is -2.08. The summed E-state index contributed by atoms with van der Waals surface area (Å²) in [6, 6.07) is 4.42. The molecule has 2 rings (SSSR count). The van der Waals surface area contributed by atoms with Gasteiger partial charge in [0.2, 0.25) is 5.91 Å². The highest BCUT2D eigenvalue weighted by molar-refractivity contribution is 6.16. The smallest absolute Gasteiger partial charge is 0.221 e. The molecule has 0 aliphatic carbocycles. The molecule has 1 aromatic carbocycles. The van der Waals surface area contributed by atoms with E-state index in [4.69, 9.17) is 11.6 Å². The molecular formula is C14H17ClFN3O. The average Bonchev–Trinajstić information content (AvgIpc) is 2.79. The van der Waals surface area contributed by atoms with Crippen molar-refractivity contribution >= 4 is 28.5 Å². The summed E-state index contributed by atoms with van der Waals surface area (Å²) in [6.07, 6.45) is 1.26. The van der Waals surface area contributed by atoms with Gasteiger partial charge in [0.15, 0.2) is 0 Å². The zero-order valence-corrected chi connectivity index (χ0v) is 12.1. The van der Waals surface area contributed by atoms with Gasteiger partial charge in [0, 0.05) is 25.6 Å². The summed E-state index contributed by atoms with van der Waals surface area (Å²) >= 11 is 5.86. The van der Waals surface area contributed by atoms with Crippen LogP contribution >= 0.6 is 11.6 Å². The molecule has 6 heteroatoms. The number of fused-ring (bicyclic) bond motifs is 1. The summed E-state index contributed by atoms with van der Waals surface area (Å²) < 4.78 is 15.1.